The lowest BCUT2D eigenvalue weighted by atomic mass is 9.96. The molecule has 0 saturated carbocycles. The van der Waals surface area contributed by atoms with Crippen LogP contribution in [0.25, 0.3) is 10.2 Å². The smallest absolute Gasteiger partial charge is 0.252 e. The van der Waals surface area contributed by atoms with E-state index in [9.17, 15) is 13.2 Å². The van der Waals surface area contributed by atoms with Crippen LogP contribution in [-0.4, -0.2) is 36.7 Å². The van der Waals surface area contributed by atoms with Gasteiger partial charge in [-0.2, -0.15) is 4.31 Å². The van der Waals surface area contributed by atoms with Crippen molar-refractivity contribution in [2.24, 2.45) is 5.92 Å². The van der Waals surface area contributed by atoms with Gasteiger partial charge < -0.3 is 0 Å². The van der Waals surface area contributed by atoms with Crippen LogP contribution in [0.1, 0.15) is 24.0 Å². The average molecular weight is 581 g/mol. The highest BCUT2D eigenvalue weighted by molar-refractivity contribution is 7.91. The van der Waals surface area contributed by atoms with E-state index in [1.54, 1.807) is 11.0 Å². The summed E-state index contributed by atoms with van der Waals surface area (Å²) in [7, 11) is -3.62. The first-order chi connectivity index (χ1) is 17.2. The van der Waals surface area contributed by atoms with Crippen molar-refractivity contribution in [1.29, 1.82) is 0 Å². The maximum Gasteiger partial charge on any atom is 0.252 e. The van der Waals surface area contributed by atoms with Gasteiger partial charge >= 0.3 is 0 Å². The molecular weight excluding hydrogens is 557 g/mol. The van der Waals surface area contributed by atoms with E-state index in [-0.39, 0.29) is 29.1 Å². The highest BCUT2D eigenvalue weighted by atomic mass is 35.5. The second kappa shape index (κ2) is 10.4. The molecule has 0 bridgehead atoms. The number of amides is 1. The van der Waals surface area contributed by atoms with Gasteiger partial charge in [-0.25, -0.2) is 13.4 Å². The molecule has 6 nitrogen and oxygen atoms in total. The first kappa shape index (κ1) is 25.6. The van der Waals surface area contributed by atoms with Gasteiger partial charge in [0.15, 0.2) is 5.13 Å². The van der Waals surface area contributed by atoms with Gasteiger partial charge in [0, 0.05) is 19.0 Å². The van der Waals surface area contributed by atoms with Gasteiger partial charge in [0.05, 0.1) is 26.1 Å². The van der Waals surface area contributed by atoms with Gasteiger partial charge in [-0.1, -0.05) is 70.9 Å². The van der Waals surface area contributed by atoms with Crippen molar-refractivity contribution in [3.63, 3.8) is 0 Å². The highest BCUT2D eigenvalue weighted by Gasteiger charge is 2.35. The van der Waals surface area contributed by atoms with E-state index in [1.165, 1.54) is 21.7 Å². The molecular formula is C25H23Cl2N3O3S3. The monoisotopic (exact) mass is 579 g/mol. The van der Waals surface area contributed by atoms with E-state index >= 15 is 0 Å². The van der Waals surface area contributed by atoms with Crippen LogP contribution in [0, 0.1) is 12.8 Å². The van der Waals surface area contributed by atoms with Crippen molar-refractivity contribution in [2.45, 2.75) is 30.5 Å². The van der Waals surface area contributed by atoms with Gasteiger partial charge in [-0.05, 0) is 49.1 Å². The molecule has 0 radical (unpaired) electrons. The number of carbonyl (C=O) groups is 1. The Hall–Kier alpha value is -2.01. The van der Waals surface area contributed by atoms with Crippen LogP contribution < -0.4 is 4.90 Å². The molecule has 0 spiro atoms. The number of sulfonamides is 1. The summed E-state index contributed by atoms with van der Waals surface area (Å²) in [5, 5.41) is 1.21. The minimum absolute atomic E-state index is 0.0529. The average Bonchev–Trinajstić information content (AvgIpc) is 3.53. The molecule has 5 rings (SSSR count). The van der Waals surface area contributed by atoms with Gasteiger partial charge in [0.2, 0.25) is 5.91 Å². The third-order valence-corrected chi connectivity index (χ3v) is 11.4. The summed E-state index contributed by atoms with van der Waals surface area (Å²) in [6.07, 6.45) is 0.875. The van der Waals surface area contributed by atoms with E-state index in [1.807, 2.05) is 49.4 Å². The molecule has 4 aromatic rings. The Morgan fingerprint density at radius 2 is 1.78 bits per heavy atom. The van der Waals surface area contributed by atoms with Crippen molar-refractivity contribution in [3.05, 3.63) is 75.1 Å². The number of thiophene rings is 1. The lowest BCUT2D eigenvalue weighted by Crippen LogP contribution is -2.44. The molecule has 1 fully saturated rings. The van der Waals surface area contributed by atoms with Crippen LogP contribution in [0.5, 0.6) is 0 Å². The first-order valence-corrected chi connectivity index (χ1v) is 15.2. The number of rotatable bonds is 6. The first-order valence-electron chi connectivity index (χ1n) is 11.4. The third-order valence-electron chi connectivity index (χ3n) is 6.31. The molecule has 11 heteroatoms. The molecule has 2 aromatic heterocycles. The maximum absolute atomic E-state index is 13.9. The van der Waals surface area contributed by atoms with E-state index in [0.717, 1.165) is 32.7 Å². The fourth-order valence-corrected chi connectivity index (χ4v) is 8.77. The summed E-state index contributed by atoms with van der Waals surface area (Å²) in [6, 6.07) is 16.7. The molecule has 0 aliphatic carbocycles. The Bertz CT molecular complexity index is 1470. The number of nitrogens with zero attached hydrogens (tertiary/aromatic N) is 3. The lowest BCUT2D eigenvalue weighted by Gasteiger charge is -2.32. The van der Waals surface area contributed by atoms with Crippen molar-refractivity contribution in [3.8, 4) is 0 Å². The Morgan fingerprint density at radius 1 is 1.06 bits per heavy atom. The van der Waals surface area contributed by atoms with Crippen LogP contribution >= 0.6 is 45.9 Å². The zero-order valence-corrected chi connectivity index (χ0v) is 23.3. The van der Waals surface area contributed by atoms with Crippen molar-refractivity contribution in [1.82, 2.24) is 9.29 Å². The zero-order valence-electron chi connectivity index (χ0n) is 19.4. The second-order valence-corrected chi connectivity index (χ2v) is 13.9. The second-order valence-electron chi connectivity index (χ2n) is 8.69. The summed E-state index contributed by atoms with van der Waals surface area (Å²) >= 11 is 14.8. The van der Waals surface area contributed by atoms with Gasteiger partial charge in [-0.3, -0.25) is 9.69 Å². The Morgan fingerprint density at radius 3 is 2.42 bits per heavy atom. The third kappa shape index (κ3) is 5.05. The lowest BCUT2D eigenvalue weighted by molar-refractivity contribution is -0.123. The van der Waals surface area contributed by atoms with Crippen LogP contribution in [0.2, 0.25) is 9.36 Å². The number of hydrogen-bond donors (Lipinski definition) is 0. The highest BCUT2D eigenvalue weighted by Crippen LogP contribution is 2.38. The Balaban J connectivity index is 1.40. The molecule has 36 heavy (non-hydrogen) atoms. The minimum Gasteiger partial charge on any atom is -0.283 e. The molecule has 188 valence electrons. The molecule has 1 aliphatic heterocycles. The number of hydrogen-bond acceptors (Lipinski definition) is 6. The van der Waals surface area contributed by atoms with Gasteiger partial charge in [0.25, 0.3) is 10.0 Å². The minimum atomic E-state index is -3.62. The van der Waals surface area contributed by atoms with Crippen LogP contribution in [0.15, 0.2) is 58.8 Å². The van der Waals surface area contributed by atoms with E-state index in [0.29, 0.717) is 33.9 Å². The SMILES string of the molecule is Cc1ccc(Cl)c2sc(N(Cc3ccccc3)C(=O)C3CCN(S(=O)(=O)c4ccc(Cl)s4)CC3)nc12. The van der Waals surface area contributed by atoms with Crippen LogP contribution in [-0.2, 0) is 21.4 Å². The van der Waals surface area contributed by atoms with Crippen LogP contribution in [0.4, 0.5) is 5.13 Å². The van der Waals surface area contributed by atoms with Crippen molar-refractivity contribution < 1.29 is 13.2 Å². The molecule has 3 heterocycles. The standard InChI is InChI=1S/C25H23Cl2N3O3S3/c1-16-7-8-19(26)23-22(16)28-25(35-23)30(15-17-5-3-2-4-6-17)24(31)18-11-13-29(14-12-18)36(32,33)21-10-9-20(27)34-21/h2-10,18H,11-15H2,1H3. The summed E-state index contributed by atoms with van der Waals surface area (Å²) < 4.78 is 29.0. The molecule has 0 unspecified atom stereocenters. The zero-order chi connectivity index (χ0) is 25.4. The summed E-state index contributed by atoms with van der Waals surface area (Å²) in [5.41, 5.74) is 2.78. The fourth-order valence-electron chi connectivity index (χ4n) is 4.34. The Kier molecular flexibility index (Phi) is 7.40. The molecule has 1 aliphatic rings. The number of benzene rings is 2. The topological polar surface area (TPSA) is 70.6 Å². The number of aromatic nitrogens is 1. The predicted octanol–water partition coefficient (Wildman–Crippen LogP) is 6.61. The quantitative estimate of drug-likeness (QED) is 0.258. The van der Waals surface area contributed by atoms with Gasteiger partial charge in [0.1, 0.15) is 4.21 Å². The maximum atomic E-state index is 13.9. The number of anilines is 1. The Labute approximate surface area is 228 Å². The van der Waals surface area contributed by atoms with Gasteiger partial charge in [-0.15, -0.1) is 11.3 Å². The predicted molar refractivity (Wildman–Crippen MR) is 148 cm³/mol. The number of halogens is 2. The summed E-state index contributed by atoms with van der Waals surface area (Å²) in [6.45, 7) is 2.90. The van der Waals surface area contributed by atoms with E-state index < -0.39 is 10.0 Å². The largest absolute Gasteiger partial charge is 0.283 e. The summed E-state index contributed by atoms with van der Waals surface area (Å²) in [5.74, 6) is -0.362. The normalized spacial score (nSPS) is 15.4. The van der Waals surface area contributed by atoms with Crippen molar-refractivity contribution in [2.75, 3.05) is 18.0 Å². The molecule has 0 N–H and O–H groups in total. The number of aryl methyl sites for hydroxylation is 1. The number of piperidine rings is 1. The molecule has 0 atom stereocenters. The number of thiazole rings is 1. The number of fused-ring (bicyclic) bond motifs is 1. The fraction of sp³-hybridized carbons (Fsp3) is 0.280. The molecule has 2 aromatic carbocycles. The summed E-state index contributed by atoms with van der Waals surface area (Å²) in [4.78, 5) is 20.4. The molecule has 1 saturated heterocycles. The van der Waals surface area contributed by atoms with Crippen molar-refractivity contribution >= 4 is 77.2 Å². The van der Waals surface area contributed by atoms with Crippen LogP contribution in [0.3, 0.4) is 0 Å². The molecule has 1 amide bonds. The van der Waals surface area contributed by atoms with E-state index in [2.05, 4.69) is 0 Å². The number of carbonyl (C=O) groups excluding carboxylic acids is 1. The van der Waals surface area contributed by atoms with E-state index in [4.69, 9.17) is 28.2 Å².